The van der Waals surface area contributed by atoms with Crippen molar-refractivity contribution in [2.75, 3.05) is 20.1 Å². The second-order valence-corrected chi connectivity index (χ2v) is 6.00. The summed E-state index contributed by atoms with van der Waals surface area (Å²) < 4.78 is 0. The van der Waals surface area contributed by atoms with E-state index in [1.807, 2.05) is 19.2 Å². The van der Waals surface area contributed by atoms with Gasteiger partial charge in [-0.3, -0.25) is 4.90 Å². The smallest absolute Gasteiger partial charge is 0.0514 e. The lowest BCUT2D eigenvalue weighted by molar-refractivity contribution is 0.110. The summed E-state index contributed by atoms with van der Waals surface area (Å²) in [6.45, 7) is 7.00. The van der Waals surface area contributed by atoms with Crippen molar-refractivity contribution in [3.8, 4) is 0 Å². The predicted molar refractivity (Wildman–Crippen MR) is 78.1 cm³/mol. The lowest BCUT2D eigenvalue weighted by Gasteiger charge is -2.42. The van der Waals surface area contributed by atoms with Crippen molar-refractivity contribution in [2.24, 2.45) is 0 Å². The molecule has 1 aromatic carbocycles. The van der Waals surface area contributed by atoms with Gasteiger partial charge in [-0.1, -0.05) is 29.8 Å². The van der Waals surface area contributed by atoms with Crippen molar-refractivity contribution in [3.05, 3.63) is 34.9 Å². The average Bonchev–Trinajstić information content (AvgIpc) is 2.86. The number of rotatable bonds is 4. The topological polar surface area (TPSA) is 15.3 Å². The second kappa shape index (κ2) is 5.60. The second-order valence-electron chi connectivity index (χ2n) is 5.59. The Bertz CT molecular complexity index is 397. The highest BCUT2D eigenvalue weighted by Crippen LogP contribution is 2.36. The molecule has 0 radical (unpaired) electrons. The Labute approximate surface area is 115 Å². The minimum Gasteiger partial charge on any atom is -0.311 e. The highest BCUT2D eigenvalue weighted by Gasteiger charge is 2.37. The van der Waals surface area contributed by atoms with Crippen LogP contribution in [0, 0.1) is 0 Å². The number of nitrogens with one attached hydrogen (secondary N) is 1. The first-order valence-corrected chi connectivity index (χ1v) is 7.12. The summed E-state index contributed by atoms with van der Waals surface area (Å²) in [5, 5.41) is 4.30. The number of benzene rings is 1. The molecule has 2 rings (SSSR count). The number of halogens is 1. The van der Waals surface area contributed by atoms with Crippen molar-refractivity contribution in [1.29, 1.82) is 0 Å². The van der Waals surface area contributed by atoms with E-state index < -0.39 is 0 Å². The van der Waals surface area contributed by atoms with Crippen LogP contribution in [0.2, 0.25) is 5.02 Å². The third kappa shape index (κ3) is 2.56. The molecule has 18 heavy (non-hydrogen) atoms. The van der Waals surface area contributed by atoms with Gasteiger partial charge in [0, 0.05) is 10.6 Å². The van der Waals surface area contributed by atoms with Crippen molar-refractivity contribution in [2.45, 2.75) is 38.3 Å². The molecule has 1 aliphatic rings. The molecule has 1 N–H and O–H groups in total. The molecule has 100 valence electrons. The number of likely N-dealkylation sites (tertiary alicyclic amines) is 1. The quantitative estimate of drug-likeness (QED) is 0.898. The molecule has 1 saturated heterocycles. The number of likely N-dealkylation sites (N-methyl/N-ethyl adjacent to an activating group) is 1. The first-order chi connectivity index (χ1) is 8.57. The van der Waals surface area contributed by atoms with Crippen LogP contribution in [0.4, 0.5) is 0 Å². The normalized spacial score (nSPS) is 19.1. The van der Waals surface area contributed by atoms with Crippen LogP contribution < -0.4 is 5.32 Å². The van der Waals surface area contributed by atoms with Crippen LogP contribution in [0.15, 0.2) is 24.3 Å². The first kappa shape index (κ1) is 13.9. The highest BCUT2D eigenvalue weighted by molar-refractivity contribution is 6.31. The molecule has 0 aliphatic carbocycles. The van der Waals surface area contributed by atoms with Crippen molar-refractivity contribution >= 4 is 11.6 Å². The fourth-order valence-corrected chi connectivity index (χ4v) is 3.32. The van der Waals surface area contributed by atoms with E-state index in [4.69, 9.17) is 11.6 Å². The Morgan fingerprint density at radius 1 is 1.22 bits per heavy atom. The Kier molecular flexibility index (Phi) is 4.31. The molecule has 1 aliphatic heterocycles. The molecular weight excluding hydrogens is 244 g/mol. The Morgan fingerprint density at radius 2 is 1.83 bits per heavy atom. The van der Waals surface area contributed by atoms with Gasteiger partial charge in [-0.05, 0) is 58.5 Å². The van der Waals surface area contributed by atoms with Gasteiger partial charge in [0.1, 0.15) is 0 Å². The Hall–Kier alpha value is -0.570. The van der Waals surface area contributed by atoms with Crippen molar-refractivity contribution in [3.63, 3.8) is 0 Å². The van der Waals surface area contributed by atoms with Gasteiger partial charge < -0.3 is 5.32 Å². The average molecular weight is 267 g/mol. The molecule has 3 heteroatoms. The van der Waals surface area contributed by atoms with Gasteiger partial charge >= 0.3 is 0 Å². The standard InChI is InChI=1S/C15H23ClN2/c1-15(2,18-10-6-7-11-18)14(17-3)12-8-4-5-9-13(12)16/h4-5,8-9,14,17H,6-7,10-11H2,1-3H3. The van der Waals surface area contributed by atoms with Crippen LogP contribution >= 0.6 is 11.6 Å². The van der Waals surface area contributed by atoms with Crippen LogP contribution in [0.5, 0.6) is 0 Å². The molecular formula is C15H23ClN2. The molecule has 0 aromatic heterocycles. The molecule has 0 amide bonds. The molecule has 1 unspecified atom stereocenters. The summed E-state index contributed by atoms with van der Waals surface area (Å²) >= 11 is 6.35. The maximum absolute atomic E-state index is 6.35. The molecule has 1 aromatic rings. The van der Waals surface area contributed by atoms with Gasteiger partial charge in [0.2, 0.25) is 0 Å². The van der Waals surface area contributed by atoms with Gasteiger partial charge in [-0.25, -0.2) is 0 Å². The Balaban J connectivity index is 2.30. The van der Waals surface area contributed by atoms with Crippen LogP contribution in [0.25, 0.3) is 0 Å². The van der Waals surface area contributed by atoms with E-state index in [-0.39, 0.29) is 11.6 Å². The fraction of sp³-hybridized carbons (Fsp3) is 0.600. The molecule has 0 spiro atoms. The zero-order chi connectivity index (χ0) is 13.2. The molecule has 2 nitrogen and oxygen atoms in total. The summed E-state index contributed by atoms with van der Waals surface area (Å²) in [6.07, 6.45) is 2.62. The SMILES string of the molecule is CNC(c1ccccc1Cl)C(C)(C)N1CCCC1. The summed E-state index contributed by atoms with van der Waals surface area (Å²) in [7, 11) is 2.02. The van der Waals surface area contributed by atoms with Crippen LogP contribution in [-0.4, -0.2) is 30.6 Å². The number of hydrogen-bond donors (Lipinski definition) is 1. The Morgan fingerprint density at radius 3 is 2.39 bits per heavy atom. The van der Waals surface area contributed by atoms with E-state index in [9.17, 15) is 0 Å². The molecule has 0 bridgehead atoms. The third-order valence-electron chi connectivity index (χ3n) is 4.13. The molecule has 1 fully saturated rings. The summed E-state index contributed by atoms with van der Waals surface area (Å²) in [5.74, 6) is 0. The van der Waals surface area contributed by atoms with Crippen LogP contribution in [0.1, 0.15) is 38.3 Å². The monoisotopic (exact) mass is 266 g/mol. The zero-order valence-electron chi connectivity index (χ0n) is 11.5. The minimum absolute atomic E-state index is 0.0796. The maximum Gasteiger partial charge on any atom is 0.0514 e. The van der Waals surface area contributed by atoms with Gasteiger partial charge in [-0.15, -0.1) is 0 Å². The number of nitrogens with zero attached hydrogens (tertiary/aromatic N) is 1. The number of hydrogen-bond acceptors (Lipinski definition) is 2. The van der Waals surface area contributed by atoms with Crippen LogP contribution in [0.3, 0.4) is 0 Å². The predicted octanol–water partition coefficient (Wildman–Crippen LogP) is 3.47. The van der Waals surface area contributed by atoms with Gasteiger partial charge in [0.05, 0.1) is 6.04 Å². The lowest BCUT2D eigenvalue weighted by Crippen LogP contribution is -2.50. The van der Waals surface area contributed by atoms with E-state index in [0.29, 0.717) is 0 Å². The van der Waals surface area contributed by atoms with E-state index in [1.54, 1.807) is 0 Å². The largest absolute Gasteiger partial charge is 0.311 e. The summed E-state index contributed by atoms with van der Waals surface area (Å²) in [5.41, 5.74) is 1.27. The van der Waals surface area contributed by atoms with E-state index in [1.165, 1.54) is 31.5 Å². The van der Waals surface area contributed by atoms with E-state index in [0.717, 1.165) is 5.02 Å². The van der Waals surface area contributed by atoms with Crippen LogP contribution in [-0.2, 0) is 0 Å². The minimum atomic E-state index is 0.0796. The van der Waals surface area contributed by atoms with Gasteiger partial charge in [0.25, 0.3) is 0 Å². The first-order valence-electron chi connectivity index (χ1n) is 6.74. The highest BCUT2D eigenvalue weighted by atomic mass is 35.5. The van der Waals surface area contributed by atoms with Crippen molar-refractivity contribution < 1.29 is 0 Å². The van der Waals surface area contributed by atoms with E-state index in [2.05, 4.69) is 36.2 Å². The van der Waals surface area contributed by atoms with Crippen molar-refractivity contribution in [1.82, 2.24) is 10.2 Å². The molecule has 1 atom stereocenters. The van der Waals surface area contributed by atoms with Gasteiger partial charge in [-0.2, -0.15) is 0 Å². The summed E-state index contributed by atoms with van der Waals surface area (Å²) in [6, 6.07) is 8.40. The third-order valence-corrected chi connectivity index (χ3v) is 4.48. The summed E-state index contributed by atoms with van der Waals surface area (Å²) in [4.78, 5) is 2.57. The molecule has 1 heterocycles. The fourth-order valence-electron chi connectivity index (χ4n) is 3.07. The van der Waals surface area contributed by atoms with Gasteiger partial charge in [0.15, 0.2) is 0 Å². The molecule has 0 saturated carbocycles. The maximum atomic E-state index is 6.35. The zero-order valence-corrected chi connectivity index (χ0v) is 12.3. The van der Waals surface area contributed by atoms with E-state index >= 15 is 0 Å². The lowest BCUT2D eigenvalue weighted by atomic mass is 9.87.